The van der Waals surface area contributed by atoms with Crippen LogP contribution < -0.4 is 10.6 Å². The molecule has 1 aromatic carbocycles. The Morgan fingerprint density at radius 3 is 2.64 bits per heavy atom. The zero-order chi connectivity index (χ0) is 18.4. The van der Waals surface area contributed by atoms with E-state index in [4.69, 9.17) is 0 Å². The molecular weight excluding hydrogens is 335 g/mol. The Balaban J connectivity index is 2.04. The molecule has 6 nitrogen and oxygen atoms in total. The van der Waals surface area contributed by atoms with Gasteiger partial charge >= 0.3 is 0 Å². The number of nitrogens with zero attached hydrogens (tertiary/aromatic N) is 3. The Labute approximate surface area is 143 Å². The summed E-state index contributed by atoms with van der Waals surface area (Å²) in [5, 5.41) is 5.20. The summed E-state index contributed by atoms with van der Waals surface area (Å²) in [6.07, 6.45) is 1.89. The lowest BCUT2D eigenvalue weighted by Gasteiger charge is -2.10. The highest BCUT2D eigenvalue weighted by atomic mass is 19.2. The fourth-order valence-corrected chi connectivity index (χ4v) is 2.00. The smallest absolute Gasteiger partial charge is 0.270 e. The molecule has 0 unspecified atom stereocenters. The molecule has 0 radical (unpaired) electrons. The van der Waals surface area contributed by atoms with Gasteiger partial charge in [-0.25, -0.2) is 23.1 Å². The van der Waals surface area contributed by atoms with Crippen LogP contribution in [0.1, 0.15) is 16.9 Å². The summed E-state index contributed by atoms with van der Waals surface area (Å²) >= 11 is 0. The molecular formula is C16H18F3N5O. The van der Waals surface area contributed by atoms with Gasteiger partial charge in [-0.15, -0.1) is 0 Å². The Morgan fingerprint density at radius 1 is 1.16 bits per heavy atom. The number of amides is 1. The SMILES string of the molecule is CN(C)CCCNC(=O)c1cc(Nc2ccc(F)c(F)c2F)ncn1. The van der Waals surface area contributed by atoms with Crippen molar-refractivity contribution in [3.63, 3.8) is 0 Å². The van der Waals surface area contributed by atoms with Crippen molar-refractivity contribution in [2.75, 3.05) is 32.5 Å². The molecule has 2 N–H and O–H groups in total. The van der Waals surface area contributed by atoms with E-state index in [1.54, 1.807) is 0 Å². The topological polar surface area (TPSA) is 70.2 Å². The summed E-state index contributed by atoms with van der Waals surface area (Å²) in [5.41, 5.74) is -0.222. The van der Waals surface area contributed by atoms with E-state index in [1.807, 2.05) is 19.0 Å². The van der Waals surface area contributed by atoms with E-state index in [1.165, 1.54) is 6.07 Å². The Morgan fingerprint density at radius 2 is 1.92 bits per heavy atom. The van der Waals surface area contributed by atoms with E-state index in [0.717, 1.165) is 31.4 Å². The summed E-state index contributed by atoms with van der Waals surface area (Å²) in [5.74, 6) is -4.57. The van der Waals surface area contributed by atoms with Gasteiger partial charge in [0.1, 0.15) is 17.8 Å². The average molecular weight is 353 g/mol. The van der Waals surface area contributed by atoms with Crippen molar-refractivity contribution in [3.8, 4) is 0 Å². The molecule has 0 bridgehead atoms. The van der Waals surface area contributed by atoms with Crippen LogP contribution in [0.5, 0.6) is 0 Å². The van der Waals surface area contributed by atoms with Crippen LogP contribution in [0.25, 0.3) is 0 Å². The molecule has 0 saturated heterocycles. The van der Waals surface area contributed by atoms with Gasteiger partial charge in [0, 0.05) is 12.6 Å². The first-order valence-corrected chi connectivity index (χ1v) is 7.54. The molecule has 2 rings (SSSR count). The lowest BCUT2D eigenvalue weighted by atomic mass is 10.2. The minimum Gasteiger partial charge on any atom is -0.351 e. The van der Waals surface area contributed by atoms with Gasteiger partial charge in [-0.1, -0.05) is 0 Å². The highest BCUT2D eigenvalue weighted by molar-refractivity contribution is 5.92. The third kappa shape index (κ3) is 5.15. The van der Waals surface area contributed by atoms with Crippen molar-refractivity contribution in [2.24, 2.45) is 0 Å². The summed E-state index contributed by atoms with van der Waals surface area (Å²) in [4.78, 5) is 21.7. The number of nitrogens with one attached hydrogen (secondary N) is 2. The Bertz CT molecular complexity index is 755. The molecule has 9 heteroatoms. The lowest BCUT2D eigenvalue weighted by Crippen LogP contribution is -2.27. The van der Waals surface area contributed by atoms with E-state index >= 15 is 0 Å². The summed E-state index contributed by atoms with van der Waals surface area (Å²) in [6, 6.07) is 3.12. The average Bonchev–Trinajstić information content (AvgIpc) is 2.59. The van der Waals surface area contributed by atoms with E-state index in [2.05, 4.69) is 20.6 Å². The fraction of sp³-hybridized carbons (Fsp3) is 0.312. The first-order valence-electron chi connectivity index (χ1n) is 7.54. The Kier molecular flexibility index (Phi) is 6.29. The van der Waals surface area contributed by atoms with Gasteiger partial charge in [-0.2, -0.15) is 0 Å². The molecule has 0 spiro atoms. The molecule has 0 aliphatic heterocycles. The number of rotatable bonds is 7. The predicted molar refractivity (Wildman–Crippen MR) is 87.1 cm³/mol. The van der Waals surface area contributed by atoms with Gasteiger partial charge < -0.3 is 15.5 Å². The van der Waals surface area contributed by atoms with Gasteiger partial charge in [-0.3, -0.25) is 4.79 Å². The number of hydrogen-bond donors (Lipinski definition) is 2. The van der Waals surface area contributed by atoms with E-state index in [9.17, 15) is 18.0 Å². The van der Waals surface area contributed by atoms with Crippen molar-refractivity contribution in [3.05, 3.63) is 47.7 Å². The van der Waals surface area contributed by atoms with Crippen LogP contribution in [0.4, 0.5) is 24.7 Å². The number of carbonyl (C=O) groups is 1. The van der Waals surface area contributed by atoms with Crippen molar-refractivity contribution in [1.82, 2.24) is 20.2 Å². The number of anilines is 2. The largest absolute Gasteiger partial charge is 0.351 e. The van der Waals surface area contributed by atoms with Crippen molar-refractivity contribution in [2.45, 2.75) is 6.42 Å². The quantitative estimate of drug-likeness (QED) is 0.591. The number of carbonyl (C=O) groups excluding carboxylic acids is 1. The zero-order valence-corrected chi connectivity index (χ0v) is 13.8. The maximum absolute atomic E-state index is 13.7. The maximum atomic E-state index is 13.7. The van der Waals surface area contributed by atoms with E-state index in [-0.39, 0.29) is 17.2 Å². The highest BCUT2D eigenvalue weighted by Crippen LogP contribution is 2.22. The van der Waals surface area contributed by atoms with E-state index in [0.29, 0.717) is 6.54 Å². The third-order valence-corrected chi connectivity index (χ3v) is 3.27. The monoisotopic (exact) mass is 353 g/mol. The number of aromatic nitrogens is 2. The zero-order valence-electron chi connectivity index (χ0n) is 13.8. The van der Waals surface area contributed by atoms with Gasteiger partial charge in [0.2, 0.25) is 0 Å². The van der Waals surface area contributed by atoms with E-state index < -0.39 is 23.4 Å². The third-order valence-electron chi connectivity index (χ3n) is 3.27. The summed E-state index contributed by atoms with van der Waals surface area (Å²) in [6.45, 7) is 1.30. The molecule has 1 aromatic heterocycles. The first-order chi connectivity index (χ1) is 11.9. The first kappa shape index (κ1) is 18.7. The van der Waals surface area contributed by atoms with Crippen molar-refractivity contribution >= 4 is 17.4 Å². The second-order valence-electron chi connectivity index (χ2n) is 5.55. The van der Waals surface area contributed by atoms with Crippen LogP contribution in [0.3, 0.4) is 0 Å². The van der Waals surface area contributed by atoms with Crippen LogP contribution >= 0.6 is 0 Å². The molecule has 0 atom stereocenters. The predicted octanol–water partition coefficient (Wildman–Crippen LogP) is 2.32. The molecule has 1 amide bonds. The normalized spacial score (nSPS) is 10.8. The summed E-state index contributed by atoms with van der Waals surface area (Å²) < 4.78 is 39.9. The lowest BCUT2D eigenvalue weighted by molar-refractivity contribution is 0.0947. The molecule has 0 aliphatic carbocycles. The molecule has 1 heterocycles. The molecule has 0 fully saturated rings. The second kappa shape index (κ2) is 8.43. The number of halogens is 3. The highest BCUT2D eigenvalue weighted by Gasteiger charge is 2.15. The van der Waals surface area contributed by atoms with Crippen molar-refractivity contribution in [1.29, 1.82) is 0 Å². The fourth-order valence-electron chi connectivity index (χ4n) is 2.00. The summed E-state index contributed by atoms with van der Waals surface area (Å²) in [7, 11) is 3.86. The molecule has 0 aliphatic rings. The van der Waals surface area contributed by atoms with Crippen molar-refractivity contribution < 1.29 is 18.0 Å². The minimum absolute atomic E-state index is 0.0744. The van der Waals surface area contributed by atoms with Crippen LogP contribution in [-0.2, 0) is 0 Å². The number of benzene rings is 1. The Hall–Kier alpha value is -2.68. The van der Waals surface area contributed by atoms with Gasteiger partial charge in [0.25, 0.3) is 5.91 Å². The van der Waals surface area contributed by atoms with Gasteiger partial charge in [0.15, 0.2) is 17.5 Å². The minimum atomic E-state index is -1.59. The number of hydrogen-bond acceptors (Lipinski definition) is 5. The van der Waals surface area contributed by atoms with Crippen LogP contribution in [0.15, 0.2) is 24.5 Å². The van der Waals surface area contributed by atoms with Gasteiger partial charge in [-0.05, 0) is 39.2 Å². The molecule has 0 saturated carbocycles. The van der Waals surface area contributed by atoms with Crippen LogP contribution in [-0.4, -0.2) is 48.0 Å². The molecule has 25 heavy (non-hydrogen) atoms. The molecule has 134 valence electrons. The second-order valence-corrected chi connectivity index (χ2v) is 5.55. The van der Waals surface area contributed by atoms with Crippen LogP contribution in [0.2, 0.25) is 0 Å². The standard InChI is InChI=1S/C16H18F3N5O/c1-24(2)7-3-6-20-16(25)12-8-13(22-9-21-12)23-11-5-4-10(17)14(18)15(11)19/h4-5,8-9H,3,6-7H2,1-2H3,(H,20,25)(H,21,22,23). The maximum Gasteiger partial charge on any atom is 0.270 e. The van der Waals surface area contributed by atoms with Crippen LogP contribution in [0, 0.1) is 17.5 Å². The van der Waals surface area contributed by atoms with Gasteiger partial charge in [0.05, 0.1) is 5.69 Å². The molecule has 2 aromatic rings.